The summed E-state index contributed by atoms with van der Waals surface area (Å²) in [4.78, 5) is 0. The summed E-state index contributed by atoms with van der Waals surface area (Å²) >= 11 is 0. The second-order valence-electron chi connectivity index (χ2n) is 11.2. The first-order chi connectivity index (χ1) is 15.7. The van der Waals surface area contributed by atoms with Crippen LogP contribution in [0.2, 0.25) is 0 Å². The maximum atomic E-state index is 2.76. The topological polar surface area (TPSA) is 0 Å². The minimum Gasteiger partial charge on any atom is -0.0654 e. The predicted molar refractivity (Wildman–Crippen MR) is 155 cm³/mol. The minimum absolute atomic E-state index is 0.668. The highest BCUT2D eigenvalue weighted by molar-refractivity contribution is 7.75. The van der Waals surface area contributed by atoms with Crippen LogP contribution in [0.15, 0.2) is 0 Å². The van der Waals surface area contributed by atoms with Crippen molar-refractivity contribution in [1.82, 2.24) is 0 Å². The Kier molecular flexibility index (Phi) is 26.4. The molecule has 0 unspecified atom stereocenters. The maximum absolute atomic E-state index is 2.76. The third-order valence-corrected chi connectivity index (χ3v) is 11.8. The summed E-state index contributed by atoms with van der Waals surface area (Å²) in [6.07, 6.45) is 40.2. The standard InChI is InChI=1S/C31H66P/c1-5-8-11-14-17-20-23-26-29-32(4,30-27-24-21-18-15-12-9-6-2)31-28-25-22-19-16-13-10-7-3/h5-31H2,1-4H3/q+1. The van der Waals surface area contributed by atoms with Crippen LogP contribution < -0.4 is 0 Å². The molecular weight excluding hydrogens is 403 g/mol. The van der Waals surface area contributed by atoms with Crippen molar-refractivity contribution < 1.29 is 0 Å². The van der Waals surface area contributed by atoms with Gasteiger partial charge in [0.2, 0.25) is 0 Å². The Balaban J connectivity index is 4.04. The zero-order valence-corrected chi connectivity index (χ0v) is 24.4. The number of hydrogen-bond acceptors (Lipinski definition) is 0. The zero-order valence-electron chi connectivity index (χ0n) is 23.5. The summed E-state index contributed by atoms with van der Waals surface area (Å²) in [5.74, 6) is 0. The summed E-state index contributed by atoms with van der Waals surface area (Å²) in [6.45, 7) is 9.73. The molecule has 0 saturated heterocycles. The van der Waals surface area contributed by atoms with E-state index in [9.17, 15) is 0 Å². The molecule has 0 atom stereocenters. The summed E-state index contributed by atoms with van der Waals surface area (Å²) in [6, 6.07) is 0. The van der Waals surface area contributed by atoms with Crippen LogP contribution in [0.1, 0.15) is 175 Å². The predicted octanol–water partition coefficient (Wildman–Crippen LogP) is 12.1. The van der Waals surface area contributed by atoms with E-state index in [1.54, 1.807) is 18.5 Å². The smallest absolute Gasteiger partial charge is 0.0591 e. The molecular formula is C31H66P+. The van der Waals surface area contributed by atoms with Crippen LogP contribution >= 0.6 is 7.26 Å². The molecule has 0 nitrogen and oxygen atoms in total. The van der Waals surface area contributed by atoms with Crippen molar-refractivity contribution in [1.29, 1.82) is 0 Å². The lowest BCUT2D eigenvalue weighted by molar-refractivity contribution is 0.580. The molecule has 0 rings (SSSR count). The van der Waals surface area contributed by atoms with Crippen molar-refractivity contribution in [2.24, 2.45) is 0 Å². The fraction of sp³-hybridized carbons (Fsp3) is 1.00. The molecule has 0 saturated carbocycles. The summed E-state index contributed by atoms with van der Waals surface area (Å²) in [5.41, 5.74) is 0. The first-order valence-corrected chi connectivity index (χ1v) is 18.3. The van der Waals surface area contributed by atoms with E-state index in [-0.39, 0.29) is 0 Å². The van der Waals surface area contributed by atoms with Crippen LogP contribution in [0, 0.1) is 0 Å². The van der Waals surface area contributed by atoms with Gasteiger partial charge in [-0.1, -0.05) is 136 Å². The van der Waals surface area contributed by atoms with Crippen LogP contribution in [0.4, 0.5) is 0 Å². The van der Waals surface area contributed by atoms with E-state index < -0.39 is 7.26 Å². The first kappa shape index (κ1) is 32.4. The highest BCUT2D eigenvalue weighted by Crippen LogP contribution is 2.57. The normalized spacial score (nSPS) is 12.0. The molecule has 32 heavy (non-hydrogen) atoms. The maximum Gasteiger partial charge on any atom is 0.0591 e. The van der Waals surface area contributed by atoms with Gasteiger partial charge in [0, 0.05) is 13.9 Å². The highest BCUT2D eigenvalue weighted by atomic mass is 31.2. The molecule has 0 spiro atoms. The van der Waals surface area contributed by atoms with Crippen molar-refractivity contribution in [3.05, 3.63) is 0 Å². The summed E-state index contributed by atoms with van der Waals surface area (Å²) in [5, 5.41) is 0. The van der Waals surface area contributed by atoms with Crippen molar-refractivity contribution in [2.45, 2.75) is 175 Å². The number of unbranched alkanes of at least 4 members (excludes halogenated alkanes) is 21. The lowest BCUT2D eigenvalue weighted by Gasteiger charge is -2.24. The molecule has 0 bridgehead atoms. The van der Waals surface area contributed by atoms with Gasteiger partial charge in [0.15, 0.2) is 0 Å². The van der Waals surface area contributed by atoms with E-state index in [0.717, 1.165) is 0 Å². The minimum atomic E-state index is -0.668. The Morgan fingerprint density at radius 2 is 0.469 bits per heavy atom. The Morgan fingerprint density at radius 3 is 0.688 bits per heavy atom. The van der Waals surface area contributed by atoms with E-state index >= 15 is 0 Å². The van der Waals surface area contributed by atoms with Gasteiger partial charge < -0.3 is 0 Å². The lowest BCUT2D eigenvalue weighted by atomic mass is 10.1. The molecule has 0 fully saturated rings. The van der Waals surface area contributed by atoms with E-state index in [2.05, 4.69) is 27.4 Å². The molecule has 0 N–H and O–H groups in total. The van der Waals surface area contributed by atoms with Crippen molar-refractivity contribution in [3.8, 4) is 0 Å². The molecule has 0 aliphatic heterocycles. The second kappa shape index (κ2) is 26.0. The summed E-state index contributed by atoms with van der Waals surface area (Å²) in [7, 11) is -0.668. The van der Waals surface area contributed by atoms with Crippen LogP contribution in [0.5, 0.6) is 0 Å². The average molecular weight is 470 g/mol. The van der Waals surface area contributed by atoms with Crippen LogP contribution in [-0.4, -0.2) is 25.2 Å². The lowest BCUT2D eigenvalue weighted by Crippen LogP contribution is -2.08. The third-order valence-electron chi connectivity index (χ3n) is 7.65. The van der Waals surface area contributed by atoms with Gasteiger partial charge in [0.1, 0.15) is 0 Å². The van der Waals surface area contributed by atoms with Gasteiger partial charge in [-0.3, -0.25) is 0 Å². The molecule has 1 heteroatoms. The highest BCUT2D eigenvalue weighted by Gasteiger charge is 2.29. The Hall–Kier alpha value is 0.430. The van der Waals surface area contributed by atoms with E-state index in [4.69, 9.17) is 0 Å². The molecule has 0 heterocycles. The number of hydrogen-bond donors (Lipinski definition) is 0. The van der Waals surface area contributed by atoms with Gasteiger partial charge in [-0.2, -0.15) is 0 Å². The molecule has 0 radical (unpaired) electrons. The summed E-state index contributed by atoms with van der Waals surface area (Å²) < 4.78 is 0. The van der Waals surface area contributed by atoms with Gasteiger partial charge in [0.05, 0.1) is 18.5 Å². The van der Waals surface area contributed by atoms with Gasteiger partial charge in [-0.05, 0) is 38.5 Å². The fourth-order valence-electron chi connectivity index (χ4n) is 5.22. The van der Waals surface area contributed by atoms with Crippen molar-refractivity contribution in [3.63, 3.8) is 0 Å². The number of rotatable bonds is 27. The Labute approximate surface area is 207 Å². The van der Waals surface area contributed by atoms with Gasteiger partial charge in [0.25, 0.3) is 0 Å². The molecule has 0 aliphatic rings. The van der Waals surface area contributed by atoms with Crippen LogP contribution in [0.25, 0.3) is 0 Å². The monoisotopic (exact) mass is 469 g/mol. The van der Waals surface area contributed by atoms with E-state index in [1.807, 2.05) is 0 Å². The molecule has 0 aromatic carbocycles. The van der Waals surface area contributed by atoms with Gasteiger partial charge in [-0.15, -0.1) is 0 Å². The molecule has 194 valence electrons. The third kappa shape index (κ3) is 23.6. The van der Waals surface area contributed by atoms with Gasteiger partial charge >= 0.3 is 0 Å². The first-order valence-electron chi connectivity index (χ1n) is 15.5. The zero-order chi connectivity index (χ0) is 23.6. The SMILES string of the molecule is CCCCCCCCCC[P+](C)(CCCCCCCCCC)CCCCCCCCCC. The average Bonchev–Trinajstić information content (AvgIpc) is 2.79. The Morgan fingerprint density at radius 1 is 0.281 bits per heavy atom. The van der Waals surface area contributed by atoms with Crippen molar-refractivity contribution in [2.75, 3.05) is 25.2 Å². The molecule has 0 aromatic rings. The van der Waals surface area contributed by atoms with E-state index in [1.165, 1.54) is 154 Å². The second-order valence-corrected chi connectivity index (χ2v) is 15.8. The fourth-order valence-corrected chi connectivity index (χ4v) is 8.85. The quantitative estimate of drug-likeness (QED) is 0.0828. The molecule has 0 aromatic heterocycles. The molecule has 0 aliphatic carbocycles. The van der Waals surface area contributed by atoms with E-state index in [0.29, 0.717) is 0 Å². The van der Waals surface area contributed by atoms with Crippen molar-refractivity contribution >= 4 is 7.26 Å². The van der Waals surface area contributed by atoms with Gasteiger partial charge in [-0.25, -0.2) is 0 Å². The van der Waals surface area contributed by atoms with Crippen LogP contribution in [-0.2, 0) is 0 Å². The Bertz CT molecular complexity index is 287. The van der Waals surface area contributed by atoms with Crippen LogP contribution in [0.3, 0.4) is 0 Å². The molecule has 0 amide bonds. The largest absolute Gasteiger partial charge is 0.0654 e.